The SMILES string of the molecule is O=C(Cc1ccccc1Cl)Nc1onc(-c2cccc(C(F)(F)F)c2F)c1-c1ccncn1. The molecule has 168 valence electrons. The Kier molecular flexibility index (Phi) is 6.10. The number of rotatable bonds is 5. The lowest BCUT2D eigenvalue weighted by Crippen LogP contribution is -2.15. The van der Waals surface area contributed by atoms with Crippen LogP contribution in [-0.4, -0.2) is 21.0 Å². The molecule has 0 saturated heterocycles. The van der Waals surface area contributed by atoms with E-state index in [9.17, 15) is 22.4 Å². The fourth-order valence-electron chi connectivity index (χ4n) is 3.15. The van der Waals surface area contributed by atoms with Gasteiger partial charge in [0.15, 0.2) is 0 Å². The van der Waals surface area contributed by atoms with Crippen molar-refractivity contribution in [2.45, 2.75) is 12.6 Å². The first kappa shape index (κ1) is 22.4. The summed E-state index contributed by atoms with van der Waals surface area (Å²) >= 11 is 6.09. The number of nitrogens with one attached hydrogen (secondary N) is 1. The molecule has 0 spiro atoms. The first-order valence-electron chi connectivity index (χ1n) is 9.41. The molecule has 0 unspecified atom stereocenters. The maximum Gasteiger partial charge on any atom is 0.419 e. The Hall–Kier alpha value is -3.79. The van der Waals surface area contributed by atoms with Crippen LogP contribution in [0.4, 0.5) is 23.4 Å². The Morgan fingerprint density at radius 2 is 1.88 bits per heavy atom. The van der Waals surface area contributed by atoms with Gasteiger partial charge in [0.2, 0.25) is 11.8 Å². The predicted octanol–water partition coefficient (Wildman–Crippen LogP) is 5.79. The first-order valence-corrected chi connectivity index (χ1v) is 9.79. The smallest absolute Gasteiger partial charge is 0.337 e. The average molecular weight is 477 g/mol. The number of carbonyl (C=O) groups excluding carboxylic acids is 1. The molecule has 0 atom stereocenters. The molecule has 2 aromatic carbocycles. The topological polar surface area (TPSA) is 80.9 Å². The van der Waals surface area contributed by atoms with Crippen LogP contribution in [0, 0.1) is 5.82 Å². The number of aromatic nitrogens is 3. The van der Waals surface area contributed by atoms with Gasteiger partial charge in [0.1, 0.15) is 17.8 Å². The number of halogens is 5. The predicted molar refractivity (Wildman–Crippen MR) is 112 cm³/mol. The van der Waals surface area contributed by atoms with E-state index in [0.29, 0.717) is 16.7 Å². The van der Waals surface area contributed by atoms with Gasteiger partial charge in [0.25, 0.3) is 0 Å². The van der Waals surface area contributed by atoms with E-state index in [1.165, 1.54) is 18.6 Å². The molecule has 6 nitrogen and oxygen atoms in total. The molecule has 0 aliphatic carbocycles. The van der Waals surface area contributed by atoms with E-state index in [1.807, 2.05) is 0 Å². The number of anilines is 1. The standard InChI is InChI=1S/C22H13ClF4N4O2/c23-15-7-2-1-4-12(15)10-17(32)30-21-18(16-8-9-28-11-29-16)20(31-33-21)13-5-3-6-14(19(13)24)22(25,26)27/h1-9,11H,10H2,(H,30,32). The molecule has 2 heterocycles. The lowest BCUT2D eigenvalue weighted by atomic mass is 10.0. The zero-order valence-corrected chi connectivity index (χ0v) is 17.3. The summed E-state index contributed by atoms with van der Waals surface area (Å²) < 4.78 is 59.7. The summed E-state index contributed by atoms with van der Waals surface area (Å²) in [6, 6.07) is 10.9. The lowest BCUT2D eigenvalue weighted by Gasteiger charge is -2.11. The molecule has 4 rings (SSSR count). The van der Waals surface area contributed by atoms with Gasteiger partial charge in [-0.2, -0.15) is 13.2 Å². The Bertz CT molecular complexity index is 1310. The summed E-state index contributed by atoms with van der Waals surface area (Å²) in [5, 5.41) is 6.63. The first-order chi connectivity index (χ1) is 15.8. The van der Waals surface area contributed by atoms with Crippen LogP contribution in [0.25, 0.3) is 22.5 Å². The molecule has 1 N–H and O–H groups in total. The summed E-state index contributed by atoms with van der Waals surface area (Å²) in [7, 11) is 0. The number of alkyl halides is 3. The highest BCUT2D eigenvalue weighted by Crippen LogP contribution is 2.41. The van der Waals surface area contributed by atoms with E-state index >= 15 is 0 Å². The monoisotopic (exact) mass is 476 g/mol. The summed E-state index contributed by atoms with van der Waals surface area (Å²) in [6.45, 7) is 0. The van der Waals surface area contributed by atoms with Crippen LogP contribution in [-0.2, 0) is 17.4 Å². The third-order valence-electron chi connectivity index (χ3n) is 4.65. The minimum absolute atomic E-state index is 0.00290. The number of benzene rings is 2. The Morgan fingerprint density at radius 3 is 2.58 bits per heavy atom. The largest absolute Gasteiger partial charge is 0.419 e. The van der Waals surface area contributed by atoms with E-state index in [0.717, 1.165) is 12.1 Å². The van der Waals surface area contributed by atoms with Gasteiger partial charge in [-0.05, 0) is 29.8 Å². The molecule has 0 aliphatic rings. The molecular formula is C22H13ClF4N4O2. The van der Waals surface area contributed by atoms with Crippen molar-refractivity contribution in [2.24, 2.45) is 0 Å². The molecule has 4 aromatic rings. The molecular weight excluding hydrogens is 464 g/mol. The summed E-state index contributed by atoms with van der Waals surface area (Å²) in [5.41, 5.74) is -1.47. The quantitative estimate of drug-likeness (QED) is 0.369. The fraction of sp³-hybridized carbons (Fsp3) is 0.0909. The van der Waals surface area contributed by atoms with Crippen LogP contribution in [0.5, 0.6) is 0 Å². The third kappa shape index (κ3) is 4.70. The zero-order chi connectivity index (χ0) is 23.6. The van der Waals surface area contributed by atoms with Gasteiger partial charge in [-0.15, -0.1) is 0 Å². The molecule has 0 aliphatic heterocycles. The second kappa shape index (κ2) is 8.99. The van der Waals surface area contributed by atoms with Crippen molar-refractivity contribution in [3.63, 3.8) is 0 Å². The summed E-state index contributed by atoms with van der Waals surface area (Å²) in [6.07, 6.45) is -2.47. The number of nitrogens with zero attached hydrogens (tertiary/aromatic N) is 3. The highest BCUT2D eigenvalue weighted by Gasteiger charge is 2.36. The Morgan fingerprint density at radius 1 is 1.09 bits per heavy atom. The van der Waals surface area contributed by atoms with Gasteiger partial charge < -0.3 is 4.52 Å². The Balaban J connectivity index is 1.77. The van der Waals surface area contributed by atoms with Crippen molar-refractivity contribution in [3.05, 3.63) is 83.0 Å². The minimum atomic E-state index is -4.91. The van der Waals surface area contributed by atoms with Crippen LogP contribution in [0.15, 0.2) is 65.6 Å². The van der Waals surface area contributed by atoms with Gasteiger partial charge in [0.05, 0.1) is 23.2 Å². The van der Waals surface area contributed by atoms with Crippen molar-refractivity contribution >= 4 is 23.4 Å². The number of carbonyl (C=O) groups is 1. The summed E-state index contributed by atoms with van der Waals surface area (Å²) in [5.74, 6) is -2.27. The van der Waals surface area contributed by atoms with E-state index in [2.05, 4.69) is 20.4 Å². The van der Waals surface area contributed by atoms with Crippen molar-refractivity contribution in [3.8, 4) is 22.5 Å². The van der Waals surface area contributed by atoms with Gasteiger partial charge in [-0.25, -0.2) is 14.4 Å². The minimum Gasteiger partial charge on any atom is -0.337 e. The van der Waals surface area contributed by atoms with E-state index in [-0.39, 0.29) is 29.3 Å². The molecule has 0 bridgehead atoms. The van der Waals surface area contributed by atoms with Gasteiger partial charge >= 0.3 is 6.18 Å². The second-order valence-electron chi connectivity index (χ2n) is 6.81. The van der Waals surface area contributed by atoms with E-state index in [4.69, 9.17) is 16.1 Å². The molecule has 2 aromatic heterocycles. The number of hydrogen-bond donors (Lipinski definition) is 1. The maximum atomic E-state index is 14.8. The fourth-order valence-corrected chi connectivity index (χ4v) is 3.36. The molecule has 11 heteroatoms. The van der Waals surface area contributed by atoms with Crippen LogP contribution >= 0.6 is 11.6 Å². The lowest BCUT2D eigenvalue weighted by molar-refractivity contribution is -0.139. The van der Waals surface area contributed by atoms with Gasteiger partial charge in [-0.3, -0.25) is 10.1 Å². The van der Waals surface area contributed by atoms with Crippen LogP contribution in [0.2, 0.25) is 5.02 Å². The highest BCUT2D eigenvalue weighted by molar-refractivity contribution is 6.31. The van der Waals surface area contributed by atoms with Gasteiger partial charge in [0, 0.05) is 16.8 Å². The van der Waals surface area contributed by atoms with Crippen molar-refractivity contribution in [2.75, 3.05) is 5.32 Å². The zero-order valence-electron chi connectivity index (χ0n) is 16.5. The van der Waals surface area contributed by atoms with Crippen LogP contribution in [0.3, 0.4) is 0 Å². The second-order valence-corrected chi connectivity index (χ2v) is 7.22. The van der Waals surface area contributed by atoms with Crippen LogP contribution in [0.1, 0.15) is 11.1 Å². The van der Waals surface area contributed by atoms with E-state index in [1.54, 1.807) is 24.3 Å². The average Bonchev–Trinajstić information content (AvgIpc) is 3.18. The number of amides is 1. The van der Waals surface area contributed by atoms with Crippen LogP contribution < -0.4 is 5.32 Å². The molecule has 0 saturated carbocycles. The van der Waals surface area contributed by atoms with Gasteiger partial charge in [-0.1, -0.05) is 41.0 Å². The van der Waals surface area contributed by atoms with E-state index < -0.39 is 29.0 Å². The van der Waals surface area contributed by atoms with Crippen molar-refractivity contribution < 1.29 is 26.9 Å². The molecule has 1 amide bonds. The number of hydrogen-bond acceptors (Lipinski definition) is 5. The molecule has 33 heavy (non-hydrogen) atoms. The molecule has 0 fully saturated rings. The highest BCUT2D eigenvalue weighted by atomic mass is 35.5. The summed E-state index contributed by atoms with van der Waals surface area (Å²) in [4.78, 5) is 20.4. The maximum absolute atomic E-state index is 14.8. The normalized spacial score (nSPS) is 11.4. The van der Waals surface area contributed by atoms with Crippen molar-refractivity contribution in [1.82, 2.24) is 15.1 Å². The Labute approximate surface area is 189 Å². The van der Waals surface area contributed by atoms with Crippen molar-refractivity contribution in [1.29, 1.82) is 0 Å². The molecule has 0 radical (unpaired) electrons. The third-order valence-corrected chi connectivity index (χ3v) is 5.02.